The first-order valence-electron chi connectivity index (χ1n) is 11.7. The highest BCUT2D eigenvalue weighted by Crippen LogP contribution is 2.53. The standard InChI is InChI=1S/C26H24N2O4/c29-23-19-15-5-6-16(9-15)20(19)24(30)27(23)11-13-1-2-14(4-3-13)12-28-25(31)21-17-7-8-18(10-17)22(21)26(28)32/h1-8,15-22H,9-12H2/t15-,16-,17-,18-,19+,20+,21+,22+/m0/s1. The molecule has 0 radical (unpaired) electrons. The molecule has 0 spiro atoms. The van der Waals surface area contributed by atoms with Crippen molar-refractivity contribution >= 4 is 23.6 Å². The number of carbonyl (C=O) groups excluding carboxylic acids is 4. The molecule has 6 nitrogen and oxygen atoms in total. The molecule has 0 aromatic heterocycles. The molecule has 2 saturated carbocycles. The van der Waals surface area contributed by atoms with Gasteiger partial charge >= 0.3 is 0 Å². The number of fused-ring (bicyclic) bond motifs is 10. The molecule has 8 atom stereocenters. The Morgan fingerprint density at radius 1 is 0.531 bits per heavy atom. The highest BCUT2D eigenvalue weighted by molar-refractivity contribution is 6.07. The van der Waals surface area contributed by atoms with Crippen molar-refractivity contribution in [3.63, 3.8) is 0 Å². The fourth-order valence-electron chi connectivity index (χ4n) is 7.36. The van der Waals surface area contributed by atoms with E-state index in [1.165, 1.54) is 9.80 Å². The highest BCUT2D eigenvalue weighted by atomic mass is 16.2. The number of imide groups is 2. The van der Waals surface area contributed by atoms with Crippen LogP contribution in [0.3, 0.4) is 0 Å². The molecule has 2 heterocycles. The van der Waals surface area contributed by atoms with E-state index >= 15 is 0 Å². The summed E-state index contributed by atoms with van der Waals surface area (Å²) in [5.41, 5.74) is 1.77. The molecule has 162 valence electrons. The lowest BCUT2D eigenvalue weighted by Crippen LogP contribution is -2.33. The molecule has 1 aromatic rings. The van der Waals surface area contributed by atoms with E-state index in [1.807, 2.05) is 24.3 Å². The van der Waals surface area contributed by atoms with Crippen LogP contribution in [0.25, 0.3) is 0 Å². The van der Waals surface area contributed by atoms with Gasteiger partial charge in [-0.1, -0.05) is 48.6 Å². The maximum Gasteiger partial charge on any atom is 0.234 e. The van der Waals surface area contributed by atoms with E-state index in [1.54, 1.807) is 0 Å². The minimum atomic E-state index is -0.173. The van der Waals surface area contributed by atoms with Crippen molar-refractivity contribution in [2.75, 3.05) is 0 Å². The molecule has 0 unspecified atom stereocenters. The van der Waals surface area contributed by atoms with E-state index < -0.39 is 0 Å². The summed E-state index contributed by atoms with van der Waals surface area (Å²) in [6, 6.07) is 7.59. The van der Waals surface area contributed by atoms with Gasteiger partial charge in [0.15, 0.2) is 0 Å². The van der Waals surface area contributed by atoms with Crippen molar-refractivity contribution in [3.8, 4) is 0 Å². The van der Waals surface area contributed by atoms with Gasteiger partial charge < -0.3 is 0 Å². The summed E-state index contributed by atoms with van der Waals surface area (Å²) in [4.78, 5) is 54.4. The van der Waals surface area contributed by atoms with E-state index in [0.717, 1.165) is 24.0 Å². The lowest BCUT2D eigenvalue weighted by Gasteiger charge is -2.19. The average Bonchev–Trinajstić information content (AvgIpc) is 3.62. The fraction of sp³-hybridized carbons (Fsp3) is 0.462. The first kappa shape index (κ1) is 18.5. The third kappa shape index (κ3) is 2.30. The summed E-state index contributed by atoms with van der Waals surface area (Å²) >= 11 is 0. The maximum absolute atomic E-state index is 12.9. The van der Waals surface area contributed by atoms with Crippen LogP contribution in [0.15, 0.2) is 48.6 Å². The van der Waals surface area contributed by atoms with Gasteiger partial charge in [0.2, 0.25) is 23.6 Å². The number of rotatable bonds is 4. The zero-order chi connectivity index (χ0) is 21.7. The Hall–Kier alpha value is -3.02. The van der Waals surface area contributed by atoms with Gasteiger partial charge in [-0.3, -0.25) is 29.0 Å². The van der Waals surface area contributed by atoms with Crippen LogP contribution >= 0.6 is 0 Å². The number of hydrogen-bond acceptors (Lipinski definition) is 4. The lowest BCUT2D eigenvalue weighted by atomic mass is 9.85. The second-order valence-corrected chi connectivity index (χ2v) is 10.3. The number of carbonyl (C=O) groups is 4. The largest absolute Gasteiger partial charge is 0.278 e. The summed E-state index contributed by atoms with van der Waals surface area (Å²) in [6.45, 7) is 0.566. The van der Waals surface area contributed by atoms with E-state index in [-0.39, 0.29) is 84.1 Å². The lowest BCUT2D eigenvalue weighted by molar-refractivity contribution is -0.143. The van der Waals surface area contributed by atoms with Crippen LogP contribution in [-0.4, -0.2) is 33.4 Å². The van der Waals surface area contributed by atoms with Gasteiger partial charge in [0.05, 0.1) is 36.8 Å². The SMILES string of the molecule is O=C1[C@H]2[C@H](C(=O)N1Cc1ccc(CN3C(=O)[C@H]4[C@H](C3=O)[C@H]3C=C[C@H]4C3)cc1)[C@H]1C=C[C@H]2C1. The Balaban J connectivity index is 1.05. The molecule has 2 aliphatic heterocycles. The number of likely N-dealkylation sites (tertiary alicyclic amines) is 2. The molecule has 32 heavy (non-hydrogen) atoms. The summed E-state index contributed by atoms with van der Waals surface area (Å²) in [7, 11) is 0. The quantitative estimate of drug-likeness (QED) is 0.545. The average molecular weight is 428 g/mol. The molecule has 7 rings (SSSR count). The molecule has 4 aliphatic carbocycles. The van der Waals surface area contributed by atoms with Crippen molar-refractivity contribution in [1.29, 1.82) is 0 Å². The van der Waals surface area contributed by atoms with Gasteiger partial charge in [0.1, 0.15) is 0 Å². The van der Waals surface area contributed by atoms with E-state index in [9.17, 15) is 19.2 Å². The Kier molecular flexibility index (Phi) is 3.63. The second kappa shape index (κ2) is 6.27. The number of allylic oxidation sites excluding steroid dienone is 4. The van der Waals surface area contributed by atoms with Gasteiger partial charge in [-0.25, -0.2) is 0 Å². The number of hydrogen-bond donors (Lipinski definition) is 0. The van der Waals surface area contributed by atoms with Gasteiger partial charge in [-0.15, -0.1) is 0 Å². The smallest absolute Gasteiger partial charge is 0.234 e. The van der Waals surface area contributed by atoms with Crippen LogP contribution in [0.2, 0.25) is 0 Å². The first-order valence-corrected chi connectivity index (χ1v) is 11.7. The fourth-order valence-corrected chi connectivity index (χ4v) is 7.36. The predicted octanol–water partition coefficient (Wildman–Crippen LogP) is 2.30. The number of nitrogens with zero attached hydrogens (tertiary/aromatic N) is 2. The van der Waals surface area contributed by atoms with Gasteiger partial charge in [-0.05, 0) is 47.6 Å². The monoisotopic (exact) mass is 428 g/mol. The summed E-state index contributed by atoms with van der Waals surface area (Å²) < 4.78 is 0. The number of amides is 4. The molecule has 1 aromatic carbocycles. The molecular weight excluding hydrogens is 404 g/mol. The molecule has 4 amide bonds. The minimum absolute atomic E-state index is 0.0380. The van der Waals surface area contributed by atoms with Crippen molar-refractivity contribution < 1.29 is 19.2 Å². The summed E-state index contributed by atoms with van der Waals surface area (Å²) in [6.07, 6.45) is 10.3. The van der Waals surface area contributed by atoms with E-state index in [0.29, 0.717) is 0 Å². The van der Waals surface area contributed by atoms with Crippen LogP contribution in [0.4, 0.5) is 0 Å². The van der Waals surface area contributed by atoms with Crippen molar-refractivity contribution in [2.24, 2.45) is 47.3 Å². The first-order chi connectivity index (χ1) is 15.5. The zero-order valence-electron chi connectivity index (χ0n) is 17.6. The van der Waals surface area contributed by atoms with Crippen molar-refractivity contribution in [1.82, 2.24) is 9.80 Å². The maximum atomic E-state index is 12.9. The third-order valence-electron chi connectivity index (χ3n) is 8.83. The van der Waals surface area contributed by atoms with Crippen molar-refractivity contribution in [2.45, 2.75) is 25.9 Å². The molecule has 6 heteroatoms. The minimum Gasteiger partial charge on any atom is -0.278 e. The summed E-state index contributed by atoms with van der Waals surface area (Å²) in [5.74, 6) is 0.0239. The van der Waals surface area contributed by atoms with E-state index in [4.69, 9.17) is 0 Å². The Morgan fingerprint density at radius 2 is 0.812 bits per heavy atom. The molecule has 4 bridgehead atoms. The highest BCUT2D eigenvalue weighted by Gasteiger charge is 2.60. The van der Waals surface area contributed by atoms with Crippen LogP contribution in [0, 0.1) is 47.3 Å². The predicted molar refractivity (Wildman–Crippen MR) is 113 cm³/mol. The Bertz CT molecular complexity index is 986. The molecule has 6 aliphatic rings. The van der Waals surface area contributed by atoms with Crippen molar-refractivity contribution in [3.05, 3.63) is 59.7 Å². The second-order valence-electron chi connectivity index (χ2n) is 10.3. The normalized spacial score (nSPS) is 40.4. The zero-order valence-corrected chi connectivity index (χ0v) is 17.6. The summed E-state index contributed by atoms with van der Waals surface area (Å²) in [5, 5.41) is 0. The topological polar surface area (TPSA) is 74.8 Å². The van der Waals surface area contributed by atoms with Crippen LogP contribution in [-0.2, 0) is 32.3 Å². The Morgan fingerprint density at radius 3 is 1.09 bits per heavy atom. The van der Waals surface area contributed by atoms with E-state index in [2.05, 4.69) is 24.3 Å². The molecule has 2 saturated heterocycles. The third-order valence-corrected chi connectivity index (χ3v) is 8.83. The van der Waals surface area contributed by atoms with Crippen LogP contribution in [0.5, 0.6) is 0 Å². The van der Waals surface area contributed by atoms with Crippen LogP contribution < -0.4 is 0 Å². The van der Waals surface area contributed by atoms with Gasteiger partial charge in [0, 0.05) is 0 Å². The molecular formula is C26H24N2O4. The molecule has 4 fully saturated rings. The number of benzene rings is 1. The van der Waals surface area contributed by atoms with Gasteiger partial charge in [0.25, 0.3) is 0 Å². The Labute approximate surface area is 185 Å². The molecule has 0 N–H and O–H groups in total. The van der Waals surface area contributed by atoms with Crippen LogP contribution in [0.1, 0.15) is 24.0 Å². The van der Waals surface area contributed by atoms with Gasteiger partial charge in [-0.2, -0.15) is 0 Å².